The van der Waals surface area contributed by atoms with Crippen molar-refractivity contribution in [3.05, 3.63) is 156 Å². The first-order chi connectivity index (χ1) is 30.7. The van der Waals surface area contributed by atoms with E-state index < -0.39 is 20.2 Å². The number of hydrogen-bond acceptors (Lipinski definition) is 8. The highest BCUT2D eigenvalue weighted by molar-refractivity contribution is 7.44. The summed E-state index contributed by atoms with van der Waals surface area (Å²) in [7, 11) is 1.63. The van der Waals surface area contributed by atoms with E-state index in [0.29, 0.717) is 12.8 Å². The zero-order chi connectivity index (χ0) is 44.3. The fourth-order valence-electron chi connectivity index (χ4n) is 8.61. The summed E-state index contributed by atoms with van der Waals surface area (Å²) in [4.78, 5) is 13.8. The van der Waals surface area contributed by atoms with Gasteiger partial charge in [-0.2, -0.15) is 5.26 Å². The summed E-state index contributed by atoms with van der Waals surface area (Å²) >= 11 is 0. The minimum atomic E-state index is -1.67. The van der Waals surface area contributed by atoms with Crippen molar-refractivity contribution in [1.82, 2.24) is 9.99 Å². The van der Waals surface area contributed by atoms with Gasteiger partial charge in [0.15, 0.2) is 0 Å². The van der Waals surface area contributed by atoms with Crippen LogP contribution in [0.4, 0.5) is 0 Å². The molecule has 7 rings (SSSR count). The molecule has 1 amide bonds. The Bertz CT molecular complexity index is 2520. The molecule has 0 aromatic heterocycles. The van der Waals surface area contributed by atoms with Gasteiger partial charge in [0.05, 0.1) is 39.9 Å². The first-order valence-corrected chi connectivity index (χ1v) is 23.0. The Balaban J connectivity index is 1.17. The van der Waals surface area contributed by atoms with Gasteiger partial charge in [-0.05, 0) is 119 Å². The van der Waals surface area contributed by atoms with E-state index in [0.717, 1.165) is 34.6 Å². The van der Waals surface area contributed by atoms with Gasteiger partial charge in [-0.3, -0.25) is 4.79 Å². The summed E-state index contributed by atoms with van der Waals surface area (Å²) in [5.41, 5.74) is 2.81. The van der Waals surface area contributed by atoms with Gasteiger partial charge in [0.25, 0.3) is 8.53 Å². The third-order valence-corrected chi connectivity index (χ3v) is 13.7. The molecule has 0 saturated heterocycles. The van der Waals surface area contributed by atoms with Crippen molar-refractivity contribution < 1.29 is 28.1 Å². The number of carbonyl (C=O) groups excluding carboxylic acids is 1. The maximum atomic E-state index is 13.8. The molecule has 0 heterocycles. The second-order valence-electron chi connectivity index (χ2n) is 16.3. The van der Waals surface area contributed by atoms with Crippen molar-refractivity contribution in [2.24, 2.45) is 0 Å². The van der Waals surface area contributed by atoms with E-state index in [4.69, 9.17) is 23.3 Å². The van der Waals surface area contributed by atoms with Crippen LogP contribution in [0.25, 0.3) is 32.3 Å². The average molecular weight is 864 g/mol. The highest BCUT2D eigenvalue weighted by atomic mass is 31.2. The molecule has 0 bridgehead atoms. The number of hydrogen-bond donors (Lipinski definition) is 1. The quantitative estimate of drug-likeness (QED) is 0.0311. The molecule has 0 saturated carbocycles. The molecule has 326 valence electrons. The molecule has 0 unspecified atom stereocenters. The molecule has 0 spiro atoms. The molecule has 10 heteroatoms. The van der Waals surface area contributed by atoms with Gasteiger partial charge in [-0.25, -0.2) is 4.67 Å². The minimum Gasteiger partial charge on any atom is -0.497 e. The molecule has 7 aromatic carbocycles. The Morgan fingerprint density at radius 2 is 1.29 bits per heavy atom. The summed E-state index contributed by atoms with van der Waals surface area (Å²) in [5, 5.41) is 20.2. The predicted molar refractivity (Wildman–Crippen MR) is 254 cm³/mol. The van der Waals surface area contributed by atoms with Crippen LogP contribution in [-0.2, 0) is 30.6 Å². The van der Waals surface area contributed by atoms with E-state index >= 15 is 0 Å². The Labute approximate surface area is 373 Å². The van der Waals surface area contributed by atoms with Gasteiger partial charge in [-0.1, -0.05) is 109 Å². The van der Waals surface area contributed by atoms with E-state index in [-0.39, 0.29) is 44.2 Å². The van der Waals surface area contributed by atoms with Gasteiger partial charge in [0, 0.05) is 25.0 Å². The number of methoxy groups -OCH3 is 2. The van der Waals surface area contributed by atoms with Gasteiger partial charge in [-0.15, -0.1) is 0 Å². The van der Waals surface area contributed by atoms with E-state index in [1.807, 2.05) is 66.7 Å². The van der Waals surface area contributed by atoms with Crippen LogP contribution < -0.4 is 14.8 Å². The van der Waals surface area contributed by atoms with E-state index in [1.54, 1.807) is 14.2 Å². The second kappa shape index (κ2) is 21.2. The molecule has 0 aliphatic heterocycles. The van der Waals surface area contributed by atoms with Crippen molar-refractivity contribution in [2.45, 2.75) is 77.2 Å². The molecule has 63 heavy (non-hydrogen) atoms. The van der Waals surface area contributed by atoms with Crippen molar-refractivity contribution in [1.29, 1.82) is 5.26 Å². The van der Waals surface area contributed by atoms with Crippen LogP contribution in [-0.4, -0.2) is 62.7 Å². The first kappa shape index (κ1) is 45.4. The maximum Gasteiger partial charge on any atom is 0.259 e. The Morgan fingerprint density at radius 1 is 0.714 bits per heavy atom. The number of nitrogens with zero attached hydrogens (tertiary/aromatic N) is 2. The maximum absolute atomic E-state index is 13.8. The van der Waals surface area contributed by atoms with Crippen LogP contribution in [0.2, 0.25) is 0 Å². The lowest BCUT2D eigenvalue weighted by Gasteiger charge is -2.39. The molecule has 1 N–H and O–H groups in total. The monoisotopic (exact) mass is 863 g/mol. The Hall–Kier alpha value is -5.59. The summed E-state index contributed by atoms with van der Waals surface area (Å²) in [6.07, 6.45) is 1.38. The van der Waals surface area contributed by atoms with E-state index in [2.05, 4.69) is 110 Å². The second-order valence-corrected chi connectivity index (χ2v) is 17.7. The molecule has 0 aliphatic rings. The summed E-state index contributed by atoms with van der Waals surface area (Å²) in [5.74, 6) is 1.38. The number of ether oxygens (including phenoxy) is 3. The smallest absolute Gasteiger partial charge is 0.259 e. The lowest BCUT2D eigenvalue weighted by molar-refractivity contribution is -0.122. The normalized spacial score (nSPS) is 13.0. The van der Waals surface area contributed by atoms with Crippen LogP contribution in [0.1, 0.15) is 69.2 Å². The number of nitrogens with one attached hydrogen (secondary N) is 1. The van der Waals surface area contributed by atoms with Gasteiger partial charge in [0.1, 0.15) is 23.2 Å². The van der Waals surface area contributed by atoms with Crippen LogP contribution >= 0.6 is 8.53 Å². The van der Waals surface area contributed by atoms with Crippen molar-refractivity contribution in [3.63, 3.8) is 0 Å². The zero-order valence-corrected chi connectivity index (χ0v) is 38.1. The number of benzene rings is 7. The summed E-state index contributed by atoms with van der Waals surface area (Å²) in [6, 6.07) is 48.0. The molecule has 0 aliphatic carbocycles. The molecule has 2 atom stereocenters. The molecule has 9 nitrogen and oxygen atoms in total. The van der Waals surface area contributed by atoms with Crippen molar-refractivity contribution in [2.75, 3.05) is 34.0 Å². The molecule has 7 aromatic rings. The summed E-state index contributed by atoms with van der Waals surface area (Å²) in [6.45, 7) is 8.90. The third kappa shape index (κ3) is 10.3. The Kier molecular flexibility index (Phi) is 15.3. The van der Waals surface area contributed by atoms with Gasteiger partial charge in [0.2, 0.25) is 5.91 Å². The fraction of sp³-hybridized carbons (Fsp3) is 0.321. The Morgan fingerprint density at radius 3 is 1.87 bits per heavy atom. The zero-order valence-electron chi connectivity index (χ0n) is 37.2. The predicted octanol–water partition coefficient (Wildman–Crippen LogP) is 11.7. The topological polar surface area (TPSA) is 102 Å². The van der Waals surface area contributed by atoms with E-state index in [9.17, 15) is 10.1 Å². The van der Waals surface area contributed by atoms with Crippen LogP contribution in [0.15, 0.2) is 133 Å². The largest absolute Gasteiger partial charge is 0.497 e. The average Bonchev–Trinajstić information content (AvgIpc) is 3.30. The molecular weight excluding hydrogens is 806 g/mol. The number of aryl methyl sites for hydroxylation is 1. The fourth-order valence-corrected chi connectivity index (χ4v) is 10.3. The molecule has 0 fully saturated rings. The standard InChI is InChI=1S/C53H58N3O6P/c1-37(2)56(38(3)4)63(61-34-12-33-54)62-48(35-55-50(57)18-11-13-39-19-20-42-22-21-40-14-10-15-41-23-32-49(39)52(42)51(40)41)36-60-53(43-16-8-7-9-17-43,44-24-28-46(58-5)29-25-44)45-26-30-47(59-6)31-27-45/h7-10,14-17,19-32,37-38,48H,11-13,18,34-36H2,1-6H3,(H,55,57)/t48-,63+/m0/s1. The van der Waals surface area contributed by atoms with Crippen molar-refractivity contribution >= 4 is 46.8 Å². The van der Waals surface area contributed by atoms with Gasteiger partial charge < -0.3 is 28.6 Å². The lowest BCUT2D eigenvalue weighted by Crippen LogP contribution is -2.42. The SMILES string of the molecule is COc1ccc(C(OC[C@H](CNC(=O)CCCc2ccc3ccc4cccc5ccc2c3c45)O[P@@](OCCC#N)N(C(C)C)C(C)C)(c2ccccc2)c2ccc(OC)cc2)cc1. The number of amides is 1. The molecule has 0 radical (unpaired) electrons. The highest BCUT2D eigenvalue weighted by Gasteiger charge is 2.40. The minimum absolute atomic E-state index is 0.0692. The van der Waals surface area contributed by atoms with Crippen LogP contribution in [0.3, 0.4) is 0 Å². The first-order valence-electron chi connectivity index (χ1n) is 21.8. The third-order valence-electron chi connectivity index (χ3n) is 11.6. The number of rotatable bonds is 22. The van der Waals surface area contributed by atoms with Crippen LogP contribution in [0, 0.1) is 11.3 Å². The van der Waals surface area contributed by atoms with Gasteiger partial charge >= 0.3 is 0 Å². The van der Waals surface area contributed by atoms with Crippen molar-refractivity contribution in [3.8, 4) is 17.6 Å². The number of carbonyl (C=O) groups is 1. The highest BCUT2D eigenvalue weighted by Crippen LogP contribution is 2.48. The lowest BCUT2D eigenvalue weighted by atomic mass is 9.80. The molecular formula is C53H58N3O6P. The number of nitriles is 1. The summed E-state index contributed by atoms with van der Waals surface area (Å²) < 4.78 is 34.0. The van der Waals surface area contributed by atoms with E-state index in [1.165, 1.54) is 37.9 Å². The van der Waals surface area contributed by atoms with Crippen LogP contribution in [0.5, 0.6) is 11.5 Å².